The Kier molecular flexibility index (Phi) is 6.72. The minimum Gasteiger partial charge on any atom is -0.466 e. The van der Waals surface area contributed by atoms with Crippen LogP contribution in [-0.2, 0) is 32.7 Å². The van der Waals surface area contributed by atoms with Gasteiger partial charge in [-0.3, -0.25) is 0 Å². The van der Waals surface area contributed by atoms with Crippen LogP contribution in [0.2, 0.25) is 0 Å². The molecular weight excluding hydrogens is 500 g/mol. The molecule has 200 valence electrons. The van der Waals surface area contributed by atoms with Gasteiger partial charge in [-0.05, 0) is 74.9 Å². The third kappa shape index (κ3) is 3.90. The van der Waals surface area contributed by atoms with E-state index >= 15 is 0 Å². The van der Waals surface area contributed by atoms with Gasteiger partial charge >= 0.3 is 20.5 Å². The Balaban J connectivity index is 1.66. The number of carbonyl (C=O) groups excluding carboxylic acids is 2. The highest BCUT2D eigenvalue weighted by Crippen LogP contribution is 2.46. The van der Waals surface area contributed by atoms with Gasteiger partial charge in [-0.25, -0.2) is 9.59 Å². The van der Waals surface area contributed by atoms with Crippen LogP contribution >= 0.6 is 0 Å². The van der Waals surface area contributed by atoms with Crippen LogP contribution in [0, 0.1) is 41.5 Å². The molecule has 5 rings (SSSR count). The third-order valence-corrected chi connectivity index (χ3v) is 11.8. The molecule has 0 N–H and O–H groups in total. The standard InChI is InChI=1S/C30H34O7Si/c1-15-9-17(3)27(18(4)10-15)38(28-19(5)11-16(2)12-20(28)6)35-13-21-22(14-36-38)26-24(30(32)34-8)23(25(21)37-26)29(31)33-7/h9-12,25-26H,13-14H2,1-8H3. The zero-order valence-electron chi connectivity index (χ0n) is 23.2. The summed E-state index contributed by atoms with van der Waals surface area (Å²) in [4.78, 5) is 25.5. The zero-order chi connectivity index (χ0) is 27.5. The number of esters is 2. The van der Waals surface area contributed by atoms with Crippen molar-refractivity contribution in [1.82, 2.24) is 0 Å². The van der Waals surface area contributed by atoms with E-state index in [1.807, 2.05) is 0 Å². The maximum Gasteiger partial charge on any atom is 0.408 e. The van der Waals surface area contributed by atoms with Crippen molar-refractivity contribution < 1.29 is 32.7 Å². The van der Waals surface area contributed by atoms with E-state index < -0.39 is 32.7 Å². The lowest BCUT2D eigenvalue weighted by Crippen LogP contribution is -2.66. The minimum absolute atomic E-state index is 0.186. The first-order chi connectivity index (χ1) is 18.0. The molecule has 0 spiro atoms. The minimum atomic E-state index is -3.27. The summed E-state index contributed by atoms with van der Waals surface area (Å²) in [5.41, 5.74) is 8.87. The van der Waals surface area contributed by atoms with Gasteiger partial charge in [-0.1, -0.05) is 35.4 Å². The van der Waals surface area contributed by atoms with Crippen LogP contribution < -0.4 is 10.4 Å². The van der Waals surface area contributed by atoms with Gasteiger partial charge in [0.05, 0.1) is 38.6 Å². The van der Waals surface area contributed by atoms with Gasteiger partial charge < -0.3 is 23.1 Å². The van der Waals surface area contributed by atoms with Crippen LogP contribution in [0.3, 0.4) is 0 Å². The molecule has 8 heteroatoms. The summed E-state index contributed by atoms with van der Waals surface area (Å²) in [6, 6.07) is 8.70. The summed E-state index contributed by atoms with van der Waals surface area (Å²) >= 11 is 0. The maximum absolute atomic E-state index is 12.8. The molecule has 38 heavy (non-hydrogen) atoms. The second kappa shape index (κ2) is 9.61. The Morgan fingerprint density at radius 1 is 0.684 bits per heavy atom. The number of aryl methyl sites for hydroxylation is 6. The van der Waals surface area contributed by atoms with Gasteiger partial charge in [0.1, 0.15) is 12.2 Å². The molecule has 0 aromatic heterocycles. The molecule has 7 nitrogen and oxygen atoms in total. The highest BCUT2D eigenvalue weighted by Gasteiger charge is 2.56. The Morgan fingerprint density at radius 3 is 1.34 bits per heavy atom. The summed E-state index contributed by atoms with van der Waals surface area (Å²) in [6.45, 7) is 13.1. The predicted octanol–water partition coefficient (Wildman–Crippen LogP) is 2.86. The molecule has 2 atom stereocenters. The van der Waals surface area contributed by atoms with Gasteiger partial charge in [0, 0.05) is 10.4 Å². The second-order valence-electron chi connectivity index (χ2n) is 10.5. The topological polar surface area (TPSA) is 80.3 Å². The summed E-state index contributed by atoms with van der Waals surface area (Å²) in [7, 11) is -0.682. The molecule has 0 saturated heterocycles. The number of ether oxygens (including phenoxy) is 3. The van der Waals surface area contributed by atoms with Gasteiger partial charge in [0.15, 0.2) is 0 Å². The number of methoxy groups -OCH3 is 2. The van der Waals surface area contributed by atoms with Crippen molar-refractivity contribution in [2.45, 2.75) is 53.8 Å². The third-order valence-electron chi connectivity index (χ3n) is 7.82. The summed E-state index contributed by atoms with van der Waals surface area (Å²) in [5.74, 6) is -1.21. The molecule has 0 amide bonds. The Morgan fingerprint density at radius 2 is 1.03 bits per heavy atom. The first-order valence-electron chi connectivity index (χ1n) is 12.8. The lowest BCUT2D eigenvalue weighted by atomic mass is 9.86. The van der Waals surface area contributed by atoms with Gasteiger partial charge in [0.2, 0.25) is 0 Å². The van der Waals surface area contributed by atoms with E-state index in [1.165, 1.54) is 25.3 Å². The smallest absolute Gasteiger partial charge is 0.408 e. The highest BCUT2D eigenvalue weighted by molar-refractivity contribution is 6.93. The second-order valence-corrected chi connectivity index (χ2v) is 13.3. The van der Waals surface area contributed by atoms with E-state index in [2.05, 4.69) is 65.8 Å². The lowest BCUT2D eigenvalue weighted by molar-refractivity contribution is -0.139. The van der Waals surface area contributed by atoms with Gasteiger partial charge in [-0.15, -0.1) is 0 Å². The van der Waals surface area contributed by atoms with Crippen molar-refractivity contribution in [3.63, 3.8) is 0 Å². The lowest BCUT2D eigenvalue weighted by Gasteiger charge is -2.35. The molecule has 2 aromatic carbocycles. The normalized spacial score (nSPS) is 21.9. The number of rotatable bonds is 4. The highest BCUT2D eigenvalue weighted by atomic mass is 28.4. The Labute approximate surface area is 224 Å². The van der Waals surface area contributed by atoms with Crippen molar-refractivity contribution >= 4 is 30.9 Å². The van der Waals surface area contributed by atoms with Crippen molar-refractivity contribution in [1.29, 1.82) is 0 Å². The van der Waals surface area contributed by atoms with Crippen LogP contribution in [0.4, 0.5) is 0 Å². The summed E-state index contributed by atoms with van der Waals surface area (Å²) in [6.07, 6.45) is -1.46. The first-order valence-corrected chi connectivity index (χ1v) is 14.6. The van der Waals surface area contributed by atoms with Crippen molar-refractivity contribution in [3.8, 4) is 0 Å². The zero-order valence-corrected chi connectivity index (χ0v) is 24.2. The van der Waals surface area contributed by atoms with Gasteiger partial charge in [-0.2, -0.15) is 0 Å². The molecule has 0 fully saturated rings. The van der Waals surface area contributed by atoms with E-state index in [-0.39, 0.29) is 24.4 Å². The molecule has 0 aliphatic carbocycles. The van der Waals surface area contributed by atoms with Crippen molar-refractivity contribution in [2.24, 2.45) is 0 Å². The molecule has 3 aliphatic rings. The van der Waals surface area contributed by atoms with Crippen LogP contribution in [0.25, 0.3) is 0 Å². The van der Waals surface area contributed by atoms with E-state index in [0.717, 1.165) is 43.8 Å². The first kappa shape index (κ1) is 26.6. The number of hydrogen-bond acceptors (Lipinski definition) is 7. The molecular formula is C30H34O7Si. The van der Waals surface area contributed by atoms with Crippen molar-refractivity contribution in [3.05, 3.63) is 79.9 Å². The number of carbonyl (C=O) groups is 2. The fourth-order valence-electron chi connectivity index (χ4n) is 6.61. The van der Waals surface area contributed by atoms with Crippen LogP contribution in [-0.4, -0.2) is 60.1 Å². The molecule has 2 bridgehead atoms. The average molecular weight is 535 g/mol. The van der Waals surface area contributed by atoms with Gasteiger partial charge in [0.25, 0.3) is 0 Å². The van der Waals surface area contributed by atoms with Crippen LogP contribution in [0.1, 0.15) is 33.4 Å². The Hall–Kier alpha value is -3.04. The van der Waals surface area contributed by atoms with Crippen LogP contribution in [0.15, 0.2) is 46.6 Å². The van der Waals surface area contributed by atoms with E-state index in [1.54, 1.807) is 0 Å². The maximum atomic E-state index is 12.8. The van der Waals surface area contributed by atoms with E-state index in [4.69, 9.17) is 23.1 Å². The monoisotopic (exact) mass is 534 g/mol. The summed E-state index contributed by atoms with van der Waals surface area (Å²) in [5, 5.41) is 2.20. The molecule has 3 aliphatic heterocycles. The van der Waals surface area contributed by atoms with E-state index in [0.29, 0.717) is 0 Å². The fourth-order valence-corrected chi connectivity index (χ4v) is 10.6. The fraction of sp³-hybridized carbons (Fsp3) is 0.400. The largest absolute Gasteiger partial charge is 0.466 e. The number of hydrogen-bond donors (Lipinski definition) is 0. The van der Waals surface area contributed by atoms with Crippen molar-refractivity contribution in [2.75, 3.05) is 27.4 Å². The predicted molar refractivity (Wildman–Crippen MR) is 145 cm³/mol. The molecule has 0 radical (unpaired) electrons. The van der Waals surface area contributed by atoms with Crippen LogP contribution in [0.5, 0.6) is 0 Å². The summed E-state index contributed by atoms with van der Waals surface area (Å²) < 4.78 is 30.2. The molecule has 2 unspecified atom stereocenters. The molecule has 3 heterocycles. The van der Waals surface area contributed by atoms with E-state index in [9.17, 15) is 9.59 Å². The molecule has 0 saturated carbocycles. The number of benzene rings is 2. The molecule has 2 aromatic rings. The quantitative estimate of drug-likeness (QED) is 0.339. The SMILES string of the molecule is COC(=O)C1=C(C(=O)OC)C2OC1C1=C2CO[Si](c2c(C)cc(C)cc2C)(c2c(C)cc(C)cc2C)OC1. The average Bonchev–Trinajstić information content (AvgIpc) is 3.33. The number of fused-ring (bicyclic) bond motifs is 4. The Bertz CT molecular complexity index is 1280.